The molecule has 0 aromatic heterocycles. The molecule has 0 N–H and O–H groups in total. The quantitative estimate of drug-likeness (QED) is 0.637. The van der Waals surface area contributed by atoms with Gasteiger partial charge in [0.15, 0.2) is 0 Å². The first kappa shape index (κ1) is 8.24. The summed E-state index contributed by atoms with van der Waals surface area (Å²) in [5.41, 5.74) is 0.913. The molecule has 2 heteroatoms. The first-order valence-electron chi connectivity index (χ1n) is 4.07. The van der Waals surface area contributed by atoms with Crippen LogP contribution in [0.1, 0.15) is 24.5 Å². The average molecular weight is 229 g/mol. The summed E-state index contributed by atoms with van der Waals surface area (Å²) in [5.74, 6) is 0. The van der Waals surface area contributed by atoms with Crippen LogP contribution in [0.2, 0.25) is 0 Å². The zero-order chi connectivity index (χ0) is 8.77. The highest BCUT2D eigenvalue weighted by molar-refractivity contribution is 9.10. The van der Waals surface area contributed by atoms with Crippen molar-refractivity contribution in [3.63, 3.8) is 0 Å². The van der Waals surface area contributed by atoms with Gasteiger partial charge < -0.3 is 0 Å². The Morgan fingerprint density at radius 2 is 2.25 bits per heavy atom. The number of fused-ring (bicyclic) bond motifs is 1. The molecule has 0 bridgehead atoms. The number of halogens is 2. The molecule has 2 rings (SSSR count). The molecular weight excluding hydrogens is 219 g/mol. The minimum Gasteiger partial charge on any atom is -0.239 e. The predicted octanol–water partition coefficient (Wildman–Crippen LogP) is 3.58. The summed E-state index contributed by atoms with van der Waals surface area (Å²) < 4.78 is 14.8. The molecule has 12 heavy (non-hydrogen) atoms. The van der Waals surface area contributed by atoms with Crippen LogP contribution in [-0.2, 0) is 12.1 Å². The molecule has 1 aliphatic carbocycles. The van der Waals surface area contributed by atoms with Crippen LogP contribution in [0.5, 0.6) is 0 Å². The van der Waals surface area contributed by atoms with Gasteiger partial charge in [-0.2, -0.15) is 0 Å². The van der Waals surface area contributed by atoms with E-state index in [0.717, 1.165) is 22.0 Å². The summed E-state index contributed by atoms with van der Waals surface area (Å²) >= 11 is 3.38. The minimum absolute atomic E-state index is 0.624. The summed E-state index contributed by atoms with van der Waals surface area (Å²) in [6.45, 7) is 1.66. The maximum Gasteiger partial charge on any atom is 0.133 e. The monoisotopic (exact) mass is 228 g/mol. The lowest BCUT2D eigenvalue weighted by atomic mass is 10.0. The summed E-state index contributed by atoms with van der Waals surface area (Å²) in [5, 5.41) is 0. The molecule has 0 nitrogen and oxygen atoms in total. The van der Waals surface area contributed by atoms with Crippen LogP contribution in [0.25, 0.3) is 0 Å². The number of aryl methyl sites for hydroxylation is 1. The maximum absolute atomic E-state index is 13.7. The van der Waals surface area contributed by atoms with E-state index in [1.54, 1.807) is 6.92 Å². The van der Waals surface area contributed by atoms with Gasteiger partial charge in [0.2, 0.25) is 0 Å². The van der Waals surface area contributed by atoms with Crippen LogP contribution >= 0.6 is 15.9 Å². The second-order valence-corrected chi connectivity index (χ2v) is 4.41. The van der Waals surface area contributed by atoms with Crippen molar-refractivity contribution in [2.75, 3.05) is 0 Å². The summed E-state index contributed by atoms with van der Waals surface area (Å²) in [6.07, 6.45) is 1.49. The van der Waals surface area contributed by atoms with Gasteiger partial charge in [0, 0.05) is 4.47 Å². The highest BCUT2D eigenvalue weighted by atomic mass is 79.9. The molecule has 64 valence electrons. The van der Waals surface area contributed by atoms with E-state index in [-0.39, 0.29) is 0 Å². The van der Waals surface area contributed by atoms with Gasteiger partial charge in [-0.1, -0.05) is 22.0 Å². The second kappa shape index (κ2) is 2.56. The Kier molecular flexibility index (Phi) is 1.76. The Hall–Kier alpha value is -0.370. The van der Waals surface area contributed by atoms with Crippen molar-refractivity contribution < 1.29 is 4.39 Å². The lowest BCUT2D eigenvalue weighted by Crippen LogP contribution is -2.09. The Labute approximate surface area is 79.9 Å². The standard InChI is InChI=1S/C10H10BrF/c1-10(12)5-4-7-6-8(11)2-3-9(7)10/h2-3,6H,4-5H2,1H3. The van der Waals surface area contributed by atoms with E-state index in [4.69, 9.17) is 0 Å². The van der Waals surface area contributed by atoms with Gasteiger partial charge in [-0.3, -0.25) is 0 Å². The third-order valence-electron chi connectivity index (χ3n) is 2.49. The third-order valence-corrected chi connectivity index (χ3v) is 2.99. The van der Waals surface area contributed by atoms with Crippen LogP contribution < -0.4 is 0 Å². The van der Waals surface area contributed by atoms with Crippen LogP contribution in [-0.4, -0.2) is 0 Å². The highest BCUT2D eigenvalue weighted by Crippen LogP contribution is 2.40. The van der Waals surface area contributed by atoms with Gasteiger partial charge in [-0.05, 0) is 43.0 Å². The molecule has 1 aromatic carbocycles. The molecule has 0 heterocycles. The third kappa shape index (κ3) is 1.18. The molecule has 0 saturated heterocycles. The van der Waals surface area contributed by atoms with E-state index < -0.39 is 5.67 Å². The number of hydrogen-bond acceptors (Lipinski definition) is 0. The fraction of sp³-hybridized carbons (Fsp3) is 0.400. The van der Waals surface area contributed by atoms with Gasteiger partial charge in [0.1, 0.15) is 5.67 Å². The molecule has 0 spiro atoms. The van der Waals surface area contributed by atoms with Gasteiger partial charge in [-0.25, -0.2) is 4.39 Å². The number of alkyl halides is 1. The van der Waals surface area contributed by atoms with E-state index in [1.165, 1.54) is 0 Å². The van der Waals surface area contributed by atoms with Crippen molar-refractivity contribution in [2.45, 2.75) is 25.4 Å². The van der Waals surface area contributed by atoms with Crippen molar-refractivity contribution in [3.05, 3.63) is 33.8 Å². The SMILES string of the molecule is CC1(F)CCc2cc(Br)ccc21. The van der Waals surface area contributed by atoms with Gasteiger partial charge in [-0.15, -0.1) is 0 Å². The molecule has 1 atom stereocenters. The number of benzene rings is 1. The van der Waals surface area contributed by atoms with Crippen LogP contribution in [0, 0.1) is 0 Å². The topological polar surface area (TPSA) is 0 Å². The normalized spacial score (nSPS) is 27.2. The molecule has 1 aliphatic rings. The van der Waals surface area contributed by atoms with Crippen molar-refractivity contribution in [1.82, 2.24) is 0 Å². The van der Waals surface area contributed by atoms with Crippen LogP contribution in [0.4, 0.5) is 4.39 Å². The number of hydrogen-bond donors (Lipinski definition) is 0. The lowest BCUT2D eigenvalue weighted by molar-refractivity contribution is 0.194. The van der Waals surface area contributed by atoms with Crippen molar-refractivity contribution in [3.8, 4) is 0 Å². The van der Waals surface area contributed by atoms with E-state index in [1.807, 2.05) is 18.2 Å². The van der Waals surface area contributed by atoms with Crippen molar-refractivity contribution >= 4 is 15.9 Å². The maximum atomic E-state index is 13.7. The van der Waals surface area contributed by atoms with Gasteiger partial charge in [0.05, 0.1) is 0 Å². The van der Waals surface area contributed by atoms with Crippen molar-refractivity contribution in [1.29, 1.82) is 0 Å². The molecular formula is C10H10BrF. The average Bonchev–Trinajstić information content (AvgIpc) is 2.27. The van der Waals surface area contributed by atoms with Gasteiger partial charge in [0.25, 0.3) is 0 Å². The first-order chi connectivity index (χ1) is 5.59. The van der Waals surface area contributed by atoms with E-state index in [2.05, 4.69) is 15.9 Å². The first-order valence-corrected chi connectivity index (χ1v) is 4.87. The van der Waals surface area contributed by atoms with E-state index in [9.17, 15) is 4.39 Å². The minimum atomic E-state index is -1.10. The Bertz CT molecular complexity index is 318. The lowest BCUT2D eigenvalue weighted by Gasteiger charge is -2.13. The molecule has 0 radical (unpaired) electrons. The van der Waals surface area contributed by atoms with E-state index >= 15 is 0 Å². The fourth-order valence-corrected chi connectivity index (χ4v) is 2.19. The summed E-state index contributed by atoms with van der Waals surface area (Å²) in [6, 6.07) is 5.80. The zero-order valence-corrected chi connectivity index (χ0v) is 8.49. The largest absolute Gasteiger partial charge is 0.239 e. The molecule has 0 saturated carbocycles. The smallest absolute Gasteiger partial charge is 0.133 e. The highest BCUT2D eigenvalue weighted by Gasteiger charge is 2.33. The molecule has 0 fully saturated rings. The Morgan fingerprint density at radius 1 is 1.50 bits per heavy atom. The molecule has 0 amide bonds. The Morgan fingerprint density at radius 3 is 3.00 bits per heavy atom. The summed E-state index contributed by atoms with van der Waals surface area (Å²) in [7, 11) is 0. The predicted molar refractivity (Wildman–Crippen MR) is 50.9 cm³/mol. The molecule has 1 unspecified atom stereocenters. The zero-order valence-electron chi connectivity index (χ0n) is 6.90. The second-order valence-electron chi connectivity index (χ2n) is 3.50. The summed E-state index contributed by atoms with van der Waals surface area (Å²) in [4.78, 5) is 0. The van der Waals surface area contributed by atoms with Crippen LogP contribution in [0.15, 0.2) is 22.7 Å². The van der Waals surface area contributed by atoms with E-state index in [0.29, 0.717) is 6.42 Å². The Balaban J connectivity index is 2.55. The van der Waals surface area contributed by atoms with Crippen LogP contribution in [0.3, 0.4) is 0 Å². The molecule has 0 aliphatic heterocycles. The molecule has 1 aromatic rings. The van der Waals surface area contributed by atoms with Gasteiger partial charge >= 0.3 is 0 Å². The number of rotatable bonds is 0. The fourth-order valence-electron chi connectivity index (χ4n) is 1.78. The van der Waals surface area contributed by atoms with Crippen molar-refractivity contribution in [2.24, 2.45) is 0 Å².